The third-order valence-electron chi connectivity index (χ3n) is 4.65. The molecule has 0 aliphatic heterocycles. The molecular weight excluding hydrogens is 282 g/mol. The monoisotopic (exact) mass is 305 g/mol. The van der Waals surface area contributed by atoms with E-state index in [-0.39, 0.29) is 5.91 Å². The van der Waals surface area contributed by atoms with Crippen LogP contribution >= 0.6 is 11.8 Å². The van der Waals surface area contributed by atoms with Crippen molar-refractivity contribution in [3.8, 4) is 0 Å². The quantitative estimate of drug-likeness (QED) is 0.759. The van der Waals surface area contributed by atoms with Crippen LogP contribution in [0.25, 0.3) is 0 Å². The van der Waals surface area contributed by atoms with E-state index in [0.717, 1.165) is 36.5 Å². The zero-order chi connectivity index (χ0) is 14.7. The van der Waals surface area contributed by atoms with E-state index in [1.54, 1.807) is 11.8 Å². The minimum Gasteiger partial charge on any atom is -0.368 e. The van der Waals surface area contributed by atoms with Gasteiger partial charge in [-0.15, -0.1) is 11.8 Å². The first-order valence-corrected chi connectivity index (χ1v) is 8.81. The summed E-state index contributed by atoms with van der Waals surface area (Å²) in [6.07, 6.45) is 8.31. The molecule has 21 heavy (non-hydrogen) atoms. The van der Waals surface area contributed by atoms with Crippen molar-refractivity contribution in [2.24, 2.45) is 11.7 Å². The Hall–Kier alpha value is -1.07. The Balaban J connectivity index is 1.58. The van der Waals surface area contributed by atoms with E-state index < -0.39 is 5.54 Å². The van der Waals surface area contributed by atoms with Gasteiger partial charge in [0.1, 0.15) is 5.54 Å². The number of carbonyl (C=O) groups excluding carboxylic acids is 1. The summed E-state index contributed by atoms with van der Waals surface area (Å²) in [5.41, 5.74) is 5.31. The number of aromatic nitrogens is 1. The zero-order valence-electron chi connectivity index (χ0n) is 12.3. The number of nitrogens with zero attached hydrogens (tertiary/aromatic N) is 1. The molecule has 1 aromatic heterocycles. The maximum atomic E-state index is 12.1. The lowest BCUT2D eigenvalue weighted by Crippen LogP contribution is -2.58. The third-order valence-corrected chi connectivity index (χ3v) is 5.63. The zero-order valence-corrected chi connectivity index (χ0v) is 13.1. The summed E-state index contributed by atoms with van der Waals surface area (Å²) >= 11 is 1.76. The van der Waals surface area contributed by atoms with Gasteiger partial charge in [-0.3, -0.25) is 4.79 Å². The fourth-order valence-corrected chi connectivity index (χ4v) is 4.31. The van der Waals surface area contributed by atoms with Crippen LogP contribution in [0.2, 0.25) is 0 Å². The van der Waals surface area contributed by atoms with Crippen LogP contribution in [-0.4, -0.2) is 28.2 Å². The number of primary amides is 1. The van der Waals surface area contributed by atoms with Crippen molar-refractivity contribution in [3.05, 3.63) is 24.4 Å². The Kier molecular flexibility index (Phi) is 4.50. The maximum absolute atomic E-state index is 12.1. The topological polar surface area (TPSA) is 68.0 Å². The number of carbonyl (C=O) groups is 1. The number of thioether (sulfide) groups is 1. The predicted molar refractivity (Wildman–Crippen MR) is 85.0 cm³/mol. The summed E-state index contributed by atoms with van der Waals surface area (Å²) in [4.78, 5) is 16.4. The Morgan fingerprint density at radius 2 is 2.29 bits per heavy atom. The van der Waals surface area contributed by atoms with Gasteiger partial charge in [0.15, 0.2) is 0 Å². The number of pyridine rings is 1. The molecule has 1 amide bonds. The van der Waals surface area contributed by atoms with Gasteiger partial charge in [-0.1, -0.05) is 12.5 Å². The van der Waals surface area contributed by atoms with E-state index in [0.29, 0.717) is 12.0 Å². The Morgan fingerprint density at radius 3 is 2.95 bits per heavy atom. The molecule has 1 heterocycles. The van der Waals surface area contributed by atoms with Gasteiger partial charge in [0, 0.05) is 12.2 Å². The average Bonchev–Trinajstić information content (AvgIpc) is 3.20. The molecule has 5 heteroatoms. The molecule has 0 radical (unpaired) electrons. The highest BCUT2D eigenvalue weighted by Gasteiger charge is 2.49. The molecule has 0 saturated heterocycles. The lowest BCUT2D eigenvalue weighted by molar-refractivity contribution is -0.126. The molecule has 3 rings (SSSR count). The van der Waals surface area contributed by atoms with Crippen LogP contribution in [0.1, 0.15) is 38.5 Å². The van der Waals surface area contributed by atoms with Crippen LogP contribution in [-0.2, 0) is 4.79 Å². The molecule has 2 fully saturated rings. The molecule has 3 N–H and O–H groups in total. The highest BCUT2D eigenvalue weighted by molar-refractivity contribution is 7.99. The van der Waals surface area contributed by atoms with Gasteiger partial charge in [0.25, 0.3) is 0 Å². The molecule has 1 aromatic rings. The normalized spacial score (nSPS) is 28.7. The minimum absolute atomic E-state index is 0.153. The highest BCUT2D eigenvalue weighted by atomic mass is 32.2. The lowest BCUT2D eigenvalue weighted by atomic mass is 9.84. The molecule has 2 atom stereocenters. The van der Waals surface area contributed by atoms with Gasteiger partial charge in [0.2, 0.25) is 5.91 Å². The molecule has 4 nitrogen and oxygen atoms in total. The number of nitrogens with one attached hydrogen (secondary N) is 1. The second kappa shape index (κ2) is 6.36. The fraction of sp³-hybridized carbons (Fsp3) is 0.625. The van der Waals surface area contributed by atoms with Gasteiger partial charge in [-0.25, -0.2) is 4.98 Å². The highest BCUT2D eigenvalue weighted by Crippen LogP contribution is 2.41. The Morgan fingerprint density at radius 1 is 1.43 bits per heavy atom. The van der Waals surface area contributed by atoms with Crippen LogP contribution in [0, 0.1) is 5.92 Å². The SMILES string of the molecule is NC(=O)C1(NC2CC2)CCCC1CCSc1ccccn1. The average molecular weight is 305 g/mol. The molecule has 0 bridgehead atoms. The first-order valence-electron chi connectivity index (χ1n) is 7.82. The van der Waals surface area contributed by atoms with E-state index in [1.807, 2.05) is 24.4 Å². The van der Waals surface area contributed by atoms with Gasteiger partial charge in [-0.2, -0.15) is 0 Å². The number of rotatable bonds is 7. The smallest absolute Gasteiger partial charge is 0.238 e. The second-order valence-corrected chi connectivity index (χ2v) is 7.26. The summed E-state index contributed by atoms with van der Waals surface area (Å²) in [6, 6.07) is 6.48. The second-order valence-electron chi connectivity index (χ2n) is 6.15. The number of hydrogen-bond acceptors (Lipinski definition) is 4. The summed E-state index contributed by atoms with van der Waals surface area (Å²) < 4.78 is 0. The number of amides is 1. The number of hydrogen-bond donors (Lipinski definition) is 2. The fourth-order valence-electron chi connectivity index (χ4n) is 3.38. The molecular formula is C16H23N3OS. The van der Waals surface area contributed by atoms with Gasteiger partial charge >= 0.3 is 0 Å². The van der Waals surface area contributed by atoms with Crippen LogP contribution in [0.5, 0.6) is 0 Å². The predicted octanol–water partition coefficient (Wildman–Crippen LogP) is 2.34. The standard InChI is InChI=1S/C16H23N3OS/c17-15(20)16(19-13-6-7-13)9-3-4-12(16)8-11-21-14-5-1-2-10-18-14/h1-2,5,10,12-13,19H,3-4,6-9,11H2,(H2,17,20). The summed E-state index contributed by atoms with van der Waals surface area (Å²) in [5.74, 6) is 1.20. The largest absolute Gasteiger partial charge is 0.368 e. The van der Waals surface area contributed by atoms with Gasteiger partial charge < -0.3 is 11.1 Å². The molecule has 114 valence electrons. The summed E-state index contributed by atoms with van der Waals surface area (Å²) in [5, 5.41) is 4.62. The number of nitrogens with two attached hydrogens (primary N) is 1. The Labute approximate surface area is 130 Å². The van der Waals surface area contributed by atoms with Gasteiger partial charge in [-0.05, 0) is 55.9 Å². The van der Waals surface area contributed by atoms with Gasteiger partial charge in [0.05, 0.1) is 5.03 Å². The van der Waals surface area contributed by atoms with Crippen LogP contribution < -0.4 is 11.1 Å². The van der Waals surface area contributed by atoms with Crippen molar-refractivity contribution >= 4 is 17.7 Å². The molecule has 0 aromatic carbocycles. The Bertz CT molecular complexity index is 492. The van der Waals surface area contributed by atoms with Crippen LogP contribution in [0.3, 0.4) is 0 Å². The summed E-state index contributed by atoms with van der Waals surface area (Å²) in [6.45, 7) is 0. The van der Waals surface area contributed by atoms with Crippen molar-refractivity contribution in [1.82, 2.24) is 10.3 Å². The third kappa shape index (κ3) is 3.40. The summed E-state index contributed by atoms with van der Waals surface area (Å²) in [7, 11) is 0. The van der Waals surface area contributed by atoms with Crippen molar-refractivity contribution in [2.45, 2.75) is 55.1 Å². The minimum atomic E-state index is -0.453. The lowest BCUT2D eigenvalue weighted by Gasteiger charge is -2.34. The van der Waals surface area contributed by atoms with Crippen LogP contribution in [0.4, 0.5) is 0 Å². The maximum Gasteiger partial charge on any atom is 0.238 e. The van der Waals surface area contributed by atoms with Crippen molar-refractivity contribution in [2.75, 3.05) is 5.75 Å². The molecule has 2 aliphatic rings. The van der Waals surface area contributed by atoms with Crippen LogP contribution in [0.15, 0.2) is 29.4 Å². The first-order chi connectivity index (χ1) is 10.2. The van der Waals surface area contributed by atoms with E-state index >= 15 is 0 Å². The van der Waals surface area contributed by atoms with E-state index in [2.05, 4.69) is 10.3 Å². The van der Waals surface area contributed by atoms with Crippen molar-refractivity contribution in [1.29, 1.82) is 0 Å². The van der Waals surface area contributed by atoms with Crippen molar-refractivity contribution < 1.29 is 4.79 Å². The van der Waals surface area contributed by atoms with E-state index in [9.17, 15) is 4.79 Å². The molecule has 2 unspecified atom stereocenters. The molecule has 2 aliphatic carbocycles. The van der Waals surface area contributed by atoms with Crippen molar-refractivity contribution in [3.63, 3.8) is 0 Å². The van der Waals surface area contributed by atoms with E-state index in [4.69, 9.17) is 5.73 Å². The van der Waals surface area contributed by atoms with E-state index in [1.165, 1.54) is 12.8 Å². The molecule has 0 spiro atoms. The molecule has 2 saturated carbocycles. The first kappa shape index (κ1) is 14.9.